The van der Waals surface area contributed by atoms with Crippen LogP contribution in [0.2, 0.25) is 0 Å². The molecule has 3 heteroatoms. The fourth-order valence-corrected chi connectivity index (χ4v) is 1.000. The van der Waals surface area contributed by atoms with Crippen LogP contribution in [0.15, 0.2) is 0 Å². The molecule has 1 amide bonds. The standard InChI is InChI=1S/C6H11N2O/c1-6(9)7-8-4-2-3-5-8/h2-5H2,1H3. The van der Waals surface area contributed by atoms with Gasteiger partial charge in [-0.15, -0.1) is 0 Å². The lowest BCUT2D eigenvalue weighted by molar-refractivity contribution is -0.123. The van der Waals surface area contributed by atoms with Gasteiger partial charge in [0.25, 0.3) is 5.91 Å². The van der Waals surface area contributed by atoms with Crippen LogP contribution in [-0.4, -0.2) is 24.0 Å². The molecule has 1 radical (unpaired) electrons. The number of rotatable bonds is 1. The van der Waals surface area contributed by atoms with Gasteiger partial charge in [-0.3, -0.25) is 4.79 Å². The van der Waals surface area contributed by atoms with Crippen molar-refractivity contribution in [1.29, 1.82) is 0 Å². The Morgan fingerprint density at radius 2 is 2.00 bits per heavy atom. The van der Waals surface area contributed by atoms with Crippen molar-refractivity contribution in [2.24, 2.45) is 0 Å². The minimum atomic E-state index is -0.0862. The molecule has 1 aliphatic heterocycles. The van der Waals surface area contributed by atoms with Crippen LogP contribution in [0.4, 0.5) is 0 Å². The molecule has 51 valence electrons. The van der Waals surface area contributed by atoms with Gasteiger partial charge in [0.05, 0.1) is 0 Å². The molecule has 0 saturated carbocycles. The second kappa shape index (κ2) is 2.82. The molecule has 0 aromatic heterocycles. The van der Waals surface area contributed by atoms with Gasteiger partial charge >= 0.3 is 0 Å². The van der Waals surface area contributed by atoms with Crippen molar-refractivity contribution in [3.05, 3.63) is 0 Å². The number of hydrogen-bond acceptors (Lipinski definition) is 2. The lowest BCUT2D eigenvalue weighted by atomic mass is 10.4. The molecule has 9 heavy (non-hydrogen) atoms. The molecular formula is C6H11N2O. The predicted molar refractivity (Wildman–Crippen MR) is 33.6 cm³/mol. The van der Waals surface area contributed by atoms with E-state index in [-0.39, 0.29) is 5.91 Å². The molecule has 0 unspecified atom stereocenters. The Balaban J connectivity index is 2.19. The highest BCUT2D eigenvalue weighted by molar-refractivity contribution is 5.71. The first-order valence-electron chi connectivity index (χ1n) is 3.26. The Kier molecular flexibility index (Phi) is 2.05. The number of amides is 1. The maximum atomic E-state index is 10.4. The first-order chi connectivity index (χ1) is 4.29. The van der Waals surface area contributed by atoms with Crippen molar-refractivity contribution in [3.63, 3.8) is 0 Å². The quantitative estimate of drug-likeness (QED) is 0.502. The van der Waals surface area contributed by atoms with Gasteiger partial charge in [-0.05, 0) is 12.8 Å². The van der Waals surface area contributed by atoms with Gasteiger partial charge in [-0.25, -0.2) is 0 Å². The number of hydrogen-bond donors (Lipinski definition) is 0. The molecule has 0 atom stereocenters. The summed E-state index contributed by atoms with van der Waals surface area (Å²) in [7, 11) is 0. The maximum absolute atomic E-state index is 10.4. The summed E-state index contributed by atoms with van der Waals surface area (Å²) in [6.45, 7) is 3.40. The molecule has 1 fully saturated rings. The van der Waals surface area contributed by atoms with E-state index in [4.69, 9.17) is 0 Å². The molecule has 1 rings (SSSR count). The largest absolute Gasteiger partial charge is 0.272 e. The third kappa shape index (κ3) is 2.01. The van der Waals surface area contributed by atoms with Crippen LogP contribution < -0.4 is 5.43 Å². The molecule has 0 N–H and O–H groups in total. The van der Waals surface area contributed by atoms with Crippen LogP contribution in [-0.2, 0) is 4.79 Å². The summed E-state index contributed by atoms with van der Waals surface area (Å²) >= 11 is 0. The van der Waals surface area contributed by atoms with E-state index in [1.165, 1.54) is 19.8 Å². The molecule has 1 aliphatic rings. The van der Waals surface area contributed by atoms with Crippen molar-refractivity contribution in [3.8, 4) is 0 Å². The van der Waals surface area contributed by atoms with Crippen LogP contribution in [0, 0.1) is 0 Å². The summed E-state index contributed by atoms with van der Waals surface area (Å²) < 4.78 is 0. The average molecular weight is 127 g/mol. The van der Waals surface area contributed by atoms with E-state index in [0.29, 0.717) is 0 Å². The van der Waals surface area contributed by atoms with E-state index < -0.39 is 0 Å². The summed E-state index contributed by atoms with van der Waals surface area (Å²) in [5.41, 5.74) is 3.77. The zero-order chi connectivity index (χ0) is 6.69. The zero-order valence-electron chi connectivity index (χ0n) is 5.63. The Labute approximate surface area is 55.0 Å². The highest BCUT2D eigenvalue weighted by Gasteiger charge is 2.12. The van der Waals surface area contributed by atoms with Crippen molar-refractivity contribution in [1.82, 2.24) is 10.4 Å². The molecule has 0 aliphatic carbocycles. The van der Waals surface area contributed by atoms with Gasteiger partial charge in [0.1, 0.15) is 0 Å². The molecule has 3 nitrogen and oxygen atoms in total. The van der Waals surface area contributed by atoms with Crippen molar-refractivity contribution < 1.29 is 4.79 Å². The smallest absolute Gasteiger partial charge is 0.254 e. The highest BCUT2D eigenvalue weighted by atomic mass is 16.2. The first-order valence-corrected chi connectivity index (χ1v) is 3.26. The van der Waals surface area contributed by atoms with E-state index in [1.54, 1.807) is 0 Å². The first kappa shape index (κ1) is 6.55. The third-order valence-corrected chi connectivity index (χ3v) is 1.36. The third-order valence-electron chi connectivity index (χ3n) is 1.36. The Hall–Kier alpha value is -0.570. The Bertz CT molecular complexity index is 108. The fourth-order valence-electron chi connectivity index (χ4n) is 1.000. The SMILES string of the molecule is CC(=O)[N]N1CCCC1. The average Bonchev–Trinajstić information content (AvgIpc) is 2.15. The van der Waals surface area contributed by atoms with Gasteiger partial charge in [0.15, 0.2) is 0 Å². The summed E-state index contributed by atoms with van der Waals surface area (Å²) in [6, 6.07) is 0. The van der Waals surface area contributed by atoms with Crippen molar-refractivity contribution in [2.45, 2.75) is 19.8 Å². The summed E-state index contributed by atoms with van der Waals surface area (Å²) in [4.78, 5) is 10.4. The summed E-state index contributed by atoms with van der Waals surface area (Å²) in [6.07, 6.45) is 2.35. The van der Waals surface area contributed by atoms with E-state index in [9.17, 15) is 4.79 Å². The van der Waals surface area contributed by atoms with Crippen LogP contribution in [0.1, 0.15) is 19.8 Å². The minimum Gasteiger partial charge on any atom is -0.272 e. The van der Waals surface area contributed by atoms with E-state index in [0.717, 1.165) is 13.1 Å². The molecule has 1 heterocycles. The van der Waals surface area contributed by atoms with Crippen LogP contribution in [0.25, 0.3) is 0 Å². The maximum Gasteiger partial charge on any atom is 0.254 e. The Morgan fingerprint density at radius 3 is 2.44 bits per heavy atom. The fraction of sp³-hybridized carbons (Fsp3) is 0.833. The van der Waals surface area contributed by atoms with Gasteiger partial charge in [0.2, 0.25) is 0 Å². The Morgan fingerprint density at radius 1 is 1.44 bits per heavy atom. The normalized spacial score (nSPS) is 20.1. The monoisotopic (exact) mass is 127 g/mol. The zero-order valence-corrected chi connectivity index (χ0v) is 5.63. The second-order valence-corrected chi connectivity index (χ2v) is 2.28. The lowest BCUT2D eigenvalue weighted by Gasteiger charge is -2.09. The molecular weight excluding hydrogens is 116 g/mol. The highest BCUT2D eigenvalue weighted by Crippen LogP contribution is 2.03. The number of carbonyl (C=O) groups is 1. The molecule has 0 aromatic carbocycles. The number of carbonyl (C=O) groups excluding carboxylic acids is 1. The van der Waals surface area contributed by atoms with Crippen LogP contribution >= 0.6 is 0 Å². The van der Waals surface area contributed by atoms with Crippen molar-refractivity contribution in [2.75, 3.05) is 13.1 Å². The minimum absolute atomic E-state index is 0.0862. The number of nitrogens with zero attached hydrogens (tertiary/aromatic N) is 2. The molecule has 0 bridgehead atoms. The van der Waals surface area contributed by atoms with Gasteiger partial charge in [-0.1, -0.05) is 0 Å². The molecule has 1 saturated heterocycles. The van der Waals surface area contributed by atoms with E-state index in [1.807, 2.05) is 5.01 Å². The van der Waals surface area contributed by atoms with Gasteiger partial charge < -0.3 is 0 Å². The summed E-state index contributed by atoms with van der Waals surface area (Å²) in [5, 5.41) is 1.84. The second-order valence-electron chi connectivity index (χ2n) is 2.28. The van der Waals surface area contributed by atoms with E-state index >= 15 is 0 Å². The van der Waals surface area contributed by atoms with Crippen LogP contribution in [0.3, 0.4) is 0 Å². The summed E-state index contributed by atoms with van der Waals surface area (Å²) in [5.74, 6) is -0.0862. The van der Waals surface area contributed by atoms with Gasteiger partial charge in [-0.2, -0.15) is 10.4 Å². The van der Waals surface area contributed by atoms with Crippen LogP contribution in [0.5, 0.6) is 0 Å². The molecule has 0 aromatic rings. The lowest BCUT2D eigenvalue weighted by Crippen LogP contribution is -2.31. The van der Waals surface area contributed by atoms with Crippen molar-refractivity contribution >= 4 is 5.91 Å². The predicted octanol–water partition coefficient (Wildman–Crippen LogP) is 0.148. The molecule has 0 spiro atoms. The van der Waals surface area contributed by atoms with Gasteiger partial charge in [0, 0.05) is 20.0 Å². The van der Waals surface area contributed by atoms with E-state index in [2.05, 4.69) is 5.43 Å². The topological polar surface area (TPSA) is 34.4 Å².